The molecule has 2 aromatic carbocycles. The van der Waals surface area contributed by atoms with E-state index >= 15 is 0 Å². The largest absolute Gasteiger partial charge is 0.458 e. The fourth-order valence-electron chi connectivity index (χ4n) is 3.74. The molecule has 0 bridgehead atoms. The van der Waals surface area contributed by atoms with Crippen molar-refractivity contribution in [2.75, 3.05) is 6.61 Å². The second kappa shape index (κ2) is 10.2. The summed E-state index contributed by atoms with van der Waals surface area (Å²) in [7, 11) is 0. The maximum atomic E-state index is 13.6. The number of nitrogens with zero attached hydrogens (tertiary/aromatic N) is 2. The lowest BCUT2D eigenvalue weighted by Crippen LogP contribution is -2.39. The monoisotopic (exact) mass is 508 g/mol. The van der Waals surface area contributed by atoms with Crippen molar-refractivity contribution in [2.24, 2.45) is 4.99 Å². The van der Waals surface area contributed by atoms with Gasteiger partial charge in [0.1, 0.15) is 12.4 Å². The van der Waals surface area contributed by atoms with Crippen LogP contribution in [0.1, 0.15) is 31.0 Å². The van der Waals surface area contributed by atoms with Crippen molar-refractivity contribution in [3.8, 4) is 5.75 Å². The first kappa shape index (κ1) is 24.4. The summed E-state index contributed by atoms with van der Waals surface area (Å²) in [6.07, 6.45) is 3.21. The van der Waals surface area contributed by atoms with Crippen LogP contribution in [0, 0.1) is 0 Å². The van der Waals surface area contributed by atoms with Gasteiger partial charge >= 0.3 is 11.9 Å². The molecule has 0 spiro atoms. The molecule has 3 aromatic rings. The van der Waals surface area contributed by atoms with Crippen LogP contribution >= 0.6 is 22.9 Å². The van der Waals surface area contributed by atoms with E-state index in [1.54, 1.807) is 55.5 Å². The summed E-state index contributed by atoms with van der Waals surface area (Å²) in [5.41, 5.74) is 1.80. The minimum absolute atomic E-state index is 0.0207. The number of thiazole rings is 1. The molecule has 1 aliphatic rings. The van der Waals surface area contributed by atoms with E-state index in [1.165, 1.54) is 28.9 Å². The summed E-state index contributed by atoms with van der Waals surface area (Å²) in [5, 5.41) is 0.556. The number of hydrogen-bond donors (Lipinski definition) is 0. The van der Waals surface area contributed by atoms with Crippen LogP contribution in [0.4, 0.5) is 0 Å². The number of carbonyl (C=O) groups is 2. The van der Waals surface area contributed by atoms with Gasteiger partial charge in [-0.2, -0.15) is 0 Å². The lowest BCUT2D eigenvalue weighted by Gasteiger charge is -2.24. The number of halogens is 1. The second-order valence-corrected chi connectivity index (χ2v) is 9.13. The van der Waals surface area contributed by atoms with Gasteiger partial charge in [-0.05, 0) is 48.4 Å². The molecular formula is C26H21ClN2O5S. The average Bonchev–Trinajstić information content (AvgIpc) is 3.11. The van der Waals surface area contributed by atoms with Crippen molar-refractivity contribution < 1.29 is 19.1 Å². The summed E-state index contributed by atoms with van der Waals surface area (Å²) >= 11 is 7.32. The number of fused-ring (bicyclic) bond motifs is 1. The lowest BCUT2D eigenvalue weighted by molar-refractivity contribution is -0.138. The fourth-order valence-corrected chi connectivity index (χ4v) is 4.99. The number of ether oxygens (including phenoxy) is 2. The summed E-state index contributed by atoms with van der Waals surface area (Å²) in [4.78, 5) is 42.9. The van der Waals surface area contributed by atoms with E-state index in [0.717, 1.165) is 5.56 Å². The van der Waals surface area contributed by atoms with E-state index in [2.05, 4.69) is 11.6 Å². The molecule has 7 nitrogen and oxygen atoms in total. The van der Waals surface area contributed by atoms with Crippen molar-refractivity contribution >= 4 is 41.0 Å². The fraction of sp³-hybridized carbons (Fsp3) is 0.154. The molecule has 9 heteroatoms. The number of rotatable bonds is 6. The van der Waals surface area contributed by atoms with E-state index in [1.807, 2.05) is 6.07 Å². The molecule has 0 saturated carbocycles. The lowest BCUT2D eigenvalue weighted by atomic mass is 9.96. The molecule has 0 saturated heterocycles. The van der Waals surface area contributed by atoms with Gasteiger partial charge in [0.25, 0.3) is 5.56 Å². The highest BCUT2D eigenvalue weighted by molar-refractivity contribution is 7.07. The van der Waals surface area contributed by atoms with E-state index in [0.29, 0.717) is 31.4 Å². The van der Waals surface area contributed by atoms with Crippen LogP contribution in [0.15, 0.2) is 82.2 Å². The topological polar surface area (TPSA) is 87.0 Å². The quantitative estimate of drug-likeness (QED) is 0.289. The number of esters is 2. The molecule has 1 aliphatic heterocycles. The van der Waals surface area contributed by atoms with Crippen LogP contribution in [-0.4, -0.2) is 23.1 Å². The molecule has 1 atom stereocenters. The van der Waals surface area contributed by atoms with E-state index in [4.69, 9.17) is 21.1 Å². The van der Waals surface area contributed by atoms with Gasteiger partial charge in [-0.25, -0.2) is 9.79 Å². The maximum absolute atomic E-state index is 13.6. The number of benzene rings is 2. The van der Waals surface area contributed by atoms with Crippen LogP contribution in [0.25, 0.3) is 6.08 Å². The van der Waals surface area contributed by atoms with Gasteiger partial charge < -0.3 is 9.47 Å². The van der Waals surface area contributed by atoms with Crippen molar-refractivity contribution in [1.82, 2.24) is 4.57 Å². The summed E-state index contributed by atoms with van der Waals surface area (Å²) in [6.45, 7) is 6.62. The predicted molar refractivity (Wildman–Crippen MR) is 134 cm³/mol. The Morgan fingerprint density at radius 1 is 1.23 bits per heavy atom. The number of aromatic nitrogens is 1. The molecule has 2 heterocycles. The highest BCUT2D eigenvalue weighted by Crippen LogP contribution is 2.31. The van der Waals surface area contributed by atoms with Crippen LogP contribution in [0.5, 0.6) is 5.75 Å². The summed E-state index contributed by atoms with van der Waals surface area (Å²) in [6, 6.07) is 13.0. The van der Waals surface area contributed by atoms with Crippen LogP contribution in [-0.2, 0) is 14.3 Å². The van der Waals surface area contributed by atoms with Gasteiger partial charge in [0.15, 0.2) is 4.80 Å². The zero-order chi connectivity index (χ0) is 25.1. The van der Waals surface area contributed by atoms with Crippen LogP contribution < -0.4 is 19.6 Å². The summed E-state index contributed by atoms with van der Waals surface area (Å²) in [5.74, 6) is -0.688. The number of carbonyl (C=O) groups excluding carboxylic acids is 2. The Morgan fingerprint density at radius 3 is 2.63 bits per heavy atom. The highest BCUT2D eigenvalue weighted by atomic mass is 35.5. The second-order valence-electron chi connectivity index (χ2n) is 7.69. The molecule has 1 unspecified atom stereocenters. The minimum Gasteiger partial charge on any atom is -0.458 e. The van der Waals surface area contributed by atoms with Gasteiger partial charge in [-0.1, -0.05) is 59.9 Å². The predicted octanol–water partition coefficient (Wildman–Crippen LogP) is 3.54. The third-order valence-electron chi connectivity index (χ3n) is 5.18. The molecule has 0 fully saturated rings. The molecule has 4 rings (SSSR count). The smallest absolute Gasteiger partial charge is 0.338 e. The first-order chi connectivity index (χ1) is 16.8. The third-order valence-corrected chi connectivity index (χ3v) is 6.40. The van der Waals surface area contributed by atoms with Gasteiger partial charge in [0, 0.05) is 11.9 Å². The first-order valence-corrected chi connectivity index (χ1v) is 11.8. The summed E-state index contributed by atoms with van der Waals surface area (Å²) < 4.78 is 12.4. The van der Waals surface area contributed by atoms with E-state index in [-0.39, 0.29) is 17.7 Å². The van der Waals surface area contributed by atoms with Gasteiger partial charge in [-0.3, -0.25) is 14.2 Å². The van der Waals surface area contributed by atoms with Crippen LogP contribution in [0.3, 0.4) is 0 Å². The van der Waals surface area contributed by atoms with Crippen molar-refractivity contribution in [3.63, 3.8) is 0 Å². The molecule has 0 radical (unpaired) electrons. The standard InChI is InChI=1S/C26H21ClN2O5S/c1-4-12-33-25(32)22-15(2)28-26-29(23(22)18-8-10-20(11-9-18)34-16(3)30)24(31)21(35-26)14-17-6-5-7-19(27)13-17/h4-11,13-14,23H,1,12H2,2-3H3. The Labute approximate surface area is 209 Å². The molecule has 1 aromatic heterocycles. The van der Waals surface area contributed by atoms with Crippen molar-refractivity contribution in [2.45, 2.75) is 19.9 Å². The van der Waals surface area contributed by atoms with Gasteiger partial charge in [-0.15, -0.1) is 0 Å². The van der Waals surface area contributed by atoms with Crippen molar-refractivity contribution in [1.29, 1.82) is 0 Å². The molecule has 178 valence electrons. The Balaban J connectivity index is 1.90. The normalized spacial score (nSPS) is 15.3. The van der Waals surface area contributed by atoms with Gasteiger partial charge in [0.05, 0.1) is 21.8 Å². The minimum atomic E-state index is -0.781. The Bertz CT molecular complexity index is 1530. The van der Waals surface area contributed by atoms with E-state index in [9.17, 15) is 14.4 Å². The molecule has 35 heavy (non-hydrogen) atoms. The number of allylic oxidation sites excluding steroid dienone is 1. The zero-order valence-corrected chi connectivity index (χ0v) is 20.6. The Hall–Kier alpha value is -3.75. The van der Waals surface area contributed by atoms with E-state index < -0.39 is 18.0 Å². The average molecular weight is 509 g/mol. The van der Waals surface area contributed by atoms with Gasteiger partial charge in [0.2, 0.25) is 0 Å². The number of hydrogen-bond acceptors (Lipinski definition) is 7. The third kappa shape index (κ3) is 5.18. The molecular weight excluding hydrogens is 488 g/mol. The Kier molecular flexibility index (Phi) is 7.14. The zero-order valence-electron chi connectivity index (χ0n) is 19.0. The molecule has 0 N–H and O–H groups in total. The first-order valence-electron chi connectivity index (χ1n) is 10.6. The highest BCUT2D eigenvalue weighted by Gasteiger charge is 2.33. The molecule has 0 aliphatic carbocycles. The van der Waals surface area contributed by atoms with Crippen molar-refractivity contribution in [3.05, 3.63) is 108 Å². The maximum Gasteiger partial charge on any atom is 0.338 e. The molecule has 0 amide bonds. The van der Waals surface area contributed by atoms with Crippen LogP contribution in [0.2, 0.25) is 5.02 Å². The Morgan fingerprint density at radius 2 is 1.97 bits per heavy atom. The SMILES string of the molecule is C=CCOC(=O)C1=C(C)N=c2sc(=Cc3cccc(Cl)c3)c(=O)n2C1c1ccc(OC(C)=O)cc1.